The maximum atomic E-state index is 8.47. The summed E-state index contributed by atoms with van der Waals surface area (Å²) >= 11 is 0. The predicted octanol–water partition coefficient (Wildman–Crippen LogP) is 0.584. The summed E-state index contributed by atoms with van der Waals surface area (Å²) in [6, 6.07) is 2.79. The maximum Gasteiger partial charge on any atom is 0.0622 e. The van der Waals surface area contributed by atoms with Gasteiger partial charge in [0.2, 0.25) is 0 Å². The average Bonchev–Trinajstić information content (AvgIpc) is 2.15. The molecule has 0 bridgehead atoms. The van der Waals surface area contributed by atoms with Gasteiger partial charge in [0.1, 0.15) is 0 Å². The Hall–Kier alpha value is -0.590. The monoisotopic (exact) mass is 167 g/mol. The maximum absolute atomic E-state index is 8.47. The highest BCUT2D eigenvalue weighted by atomic mass is 15.2. The van der Waals surface area contributed by atoms with Crippen molar-refractivity contribution in [2.75, 3.05) is 26.2 Å². The van der Waals surface area contributed by atoms with Crippen LogP contribution in [0.5, 0.6) is 0 Å². The van der Waals surface area contributed by atoms with Gasteiger partial charge < -0.3 is 5.32 Å². The first-order chi connectivity index (χ1) is 5.88. The molecule has 0 amide bonds. The van der Waals surface area contributed by atoms with Crippen molar-refractivity contribution in [3.05, 3.63) is 0 Å². The van der Waals surface area contributed by atoms with Gasteiger partial charge in [-0.15, -0.1) is 0 Å². The highest BCUT2D eigenvalue weighted by Gasteiger charge is 2.19. The summed E-state index contributed by atoms with van der Waals surface area (Å²) in [5.74, 6) is 0. The molecule has 1 N–H and O–H groups in total. The summed E-state index contributed by atoms with van der Waals surface area (Å²) in [5.41, 5.74) is 0. The fraction of sp³-hybridized carbons (Fsp3) is 0.889. The third-order valence-corrected chi connectivity index (χ3v) is 2.47. The third kappa shape index (κ3) is 2.47. The molecule has 0 aliphatic carbocycles. The topological polar surface area (TPSA) is 39.1 Å². The first kappa shape index (κ1) is 9.50. The molecule has 0 spiro atoms. The summed E-state index contributed by atoms with van der Waals surface area (Å²) in [7, 11) is 0. The number of piperazine rings is 1. The Balaban J connectivity index is 2.32. The molecule has 1 unspecified atom stereocenters. The van der Waals surface area contributed by atoms with Gasteiger partial charge in [-0.3, -0.25) is 4.90 Å². The number of likely N-dealkylation sites (N-methyl/N-ethyl adjacent to an activating group) is 1. The van der Waals surface area contributed by atoms with E-state index < -0.39 is 0 Å². The van der Waals surface area contributed by atoms with Crippen molar-refractivity contribution in [2.45, 2.75) is 25.8 Å². The van der Waals surface area contributed by atoms with Crippen LogP contribution in [-0.4, -0.2) is 37.1 Å². The minimum atomic E-state index is 0.586. The minimum Gasteiger partial charge on any atom is -0.314 e. The lowest BCUT2D eigenvalue weighted by Crippen LogP contribution is -2.50. The fourth-order valence-corrected chi connectivity index (χ4v) is 1.74. The zero-order chi connectivity index (χ0) is 8.81. The van der Waals surface area contributed by atoms with E-state index in [0.29, 0.717) is 12.5 Å². The zero-order valence-corrected chi connectivity index (χ0v) is 7.71. The SMILES string of the molecule is CCN1CCNCC1CCC#N. The summed E-state index contributed by atoms with van der Waals surface area (Å²) in [6.07, 6.45) is 1.69. The second kappa shape index (κ2) is 5.13. The molecule has 0 saturated carbocycles. The van der Waals surface area contributed by atoms with E-state index >= 15 is 0 Å². The molecule has 1 rings (SSSR count). The first-order valence-electron chi connectivity index (χ1n) is 4.70. The van der Waals surface area contributed by atoms with Crippen molar-refractivity contribution in [2.24, 2.45) is 0 Å². The van der Waals surface area contributed by atoms with Gasteiger partial charge in [0.15, 0.2) is 0 Å². The number of nitriles is 1. The van der Waals surface area contributed by atoms with Crippen molar-refractivity contribution in [1.29, 1.82) is 5.26 Å². The lowest BCUT2D eigenvalue weighted by molar-refractivity contribution is 0.162. The molecule has 3 heteroatoms. The molecule has 1 saturated heterocycles. The van der Waals surface area contributed by atoms with Crippen LogP contribution in [0.2, 0.25) is 0 Å². The standard InChI is InChI=1S/C9H17N3/c1-2-12-7-6-11-8-9(12)4-3-5-10/h9,11H,2-4,6-8H2,1H3. The Morgan fingerprint density at radius 2 is 2.50 bits per heavy atom. The second-order valence-electron chi connectivity index (χ2n) is 3.18. The number of hydrogen-bond acceptors (Lipinski definition) is 3. The number of nitrogens with one attached hydrogen (secondary N) is 1. The van der Waals surface area contributed by atoms with Crippen molar-refractivity contribution in [1.82, 2.24) is 10.2 Å². The lowest BCUT2D eigenvalue weighted by Gasteiger charge is -2.34. The van der Waals surface area contributed by atoms with Gasteiger partial charge >= 0.3 is 0 Å². The molecular weight excluding hydrogens is 150 g/mol. The average molecular weight is 167 g/mol. The number of rotatable bonds is 3. The van der Waals surface area contributed by atoms with Gasteiger partial charge in [0.25, 0.3) is 0 Å². The molecule has 3 nitrogen and oxygen atoms in total. The number of nitrogens with zero attached hydrogens (tertiary/aromatic N) is 2. The molecule has 1 fully saturated rings. The van der Waals surface area contributed by atoms with E-state index in [2.05, 4.69) is 23.2 Å². The molecule has 0 aromatic rings. The van der Waals surface area contributed by atoms with Crippen LogP contribution in [0.25, 0.3) is 0 Å². The van der Waals surface area contributed by atoms with Crippen LogP contribution < -0.4 is 5.32 Å². The lowest BCUT2D eigenvalue weighted by atomic mass is 10.1. The molecule has 0 aromatic carbocycles. The van der Waals surface area contributed by atoms with E-state index in [1.54, 1.807) is 0 Å². The summed E-state index contributed by atoms with van der Waals surface area (Å²) in [4.78, 5) is 2.45. The van der Waals surface area contributed by atoms with Gasteiger partial charge in [-0.25, -0.2) is 0 Å². The molecule has 0 radical (unpaired) electrons. The van der Waals surface area contributed by atoms with E-state index in [4.69, 9.17) is 5.26 Å². The fourth-order valence-electron chi connectivity index (χ4n) is 1.74. The predicted molar refractivity (Wildman–Crippen MR) is 48.8 cm³/mol. The molecule has 68 valence electrons. The Morgan fingerprint density at radius 3 is 3.17 bits per heavy atom. The van der Waals surface area contributed by atoms with E-state index in [0.717, 1.165) is 32.6 Å². The normalized spacial score (nSPS) is 25.2. The van der Waals surface area contributed by atoms with Crippen LogP contribution in [0.4, 0.5) is 0 Å². The van der Waals surface area contributed by atoms with Crippen molar-refractivity contribution in [3.63, 3.8) is 0 Å². The van der Waals surface area contributed by atoms with Gasteiger partial charge in [0.05, 0.1) is 6.07 Å². The number of hydrogen-bond donors (Lipinski definition) is 1. The van der Waals surface area contributed by atoms with Gasteiger partial charge in [0, 0.05) is 32.1 Å². The smallest absolute Gasteiger partial charge is 0.0622 e. The zero-order valence-electron chi connectivity index (χ0n) is 7.71. The van der Waals surface area contributed by atoms with Crippen LogP contribution >= 0.6 is 0 Å². The molecule has 1 heterocycles. The second-order valence-corrected chi connectivity index (χ2v) is 3.18. The highest BCUT2D eigenvalue weighted by Crippen LogP contribution is 2.08. The third-order valence-electron chi connectivity index (χ3n) is 2.47. The molecule has 12 heavy (non-hydrogen) atoms. The van der Waals surface area contributed by atoms with E-state index in [1.807, 2.05) is 0 Å². The van der Waals surface area contributed by atoms with Crippen molar-refractivity contribution < 1.29 is 0 Å². The Kier molecular flexibility index (Phi) is 4.06. The first-order valence-corrected chi connectivity index (χ1v) is 4.70. The minimum absolute atomic E-state index is 0.586. The Morgan fingerprint density at radius 1 is 1.67 bits per heavy atom. The van der Waals surface area contributed by atoms with E-state index in [-0.39, 0.29) is 0 Å². The van der Waals surface area contributed by atoms with Gasteiger partial charge in [-0.1, -0.05) is 6.92 Å². The Bertz CT molecular complexity index is 162. The van der Waals surface area contributed by atoms with E-state index in [1.165, 1.54) is 0 Å². The molecule has 0 aromatic heterocycles. The van der Waals surface area contributed by atoms with Crippen LogP contribution in [0.1, 0.15) is 19.8 Å². The summed E-state index contributed by atoms with van der Waals surface area (Å²) < 4.78 is 0. The summed E-state index contributed by atoms with van der Waals surface area (Å²) in [6.45, 7) is 6.57. The van der Waals surface area contributed by atoms with Gasteiger partial charge in [-0.2, -0.15) is 5.26 Å². The van der Waals surface area contributed by atoms with Crippen LogP contribution in [0.15, 0.2) is 0 Å². The van der Waals surface area contributed by atoms with E-state index in [9.17, 15) is 0 Å². The van der Waals surface area contributed by atoms with Crippen LogP contribution in [0, 0.1) is 11.3 Å². The molecule has 1 atom stereocenters. The highest BCUT2D eigenvalue weighted by molar-refractivity contribution is 4.82. The van der Waals surface area contributed by atoms with Crippen LogP contribution in [0.3, 0.4) is 0 Å². The molecule has 1 aliphatic rings. The summed E-state index contributed by atoms with van der Waals surface area (Å²) in [5, 5.41) is 11.8. The van der Waals surface area contributed by atoms with Crippen LogP contribution in [-0.2, 0) is 0 Å². The van der Waals surface area contributed by atoms with Crippen molar-refractivity contribution in [3.8, 4) is 6.07 Å². The Labute approximate surface area is 74.4 Å². The van der Waals surface area contributed by atoms with Gasteiger partial charge in [-0.05, 0) is 13.0 Å². The van der Waals surface area contributed by atoms with Crippen molar-refractivity contribution >= 4 is 0 Å². The molecule has 1 aliphatic heterocycles. The largest absolute Gasteiger partial charge is 0.314 e. The molecular formula is C9H17N3. The quantitative estimate of drug-likeness (QED) is 0.668.